The van der Waals surface area contributed by atoms with Crippen LogP contribution in [0.4, 0.5) is 0 Å². The van der Waals surface area contributed by atoms with Gasteiger partial charge >= 0.3 is 0 Å². The first-order chi connectivity index (χ1) is 8.21. The maximum atomic E-state index is 5.52. The fraction of sp³-hybridized carbons (Fsp3) is 0.692. The van der Waals surface area contributed by atoms with E-state index in [0.29, 0.717) is 6.42 Å². The molecule has 0 aliphatic rings. The standard InChI is InChI=1S/C13H22O4/c1-6-8-13(17-10-15-5)11(3)12(7-2)16-9-14-4/h1,7,11-13H,2,8-10H2,3-5H3/t11-,12+,13+/m0/s1. The van der Waals surface area contributed by atoms with Crippen LogP contribution in [0, 0.1) is 18.3 Å². The molecule has 0 aliphatic carbocycles. The molecule has 0 aromatic heterocycles. The Morgan fingerprint density at radius 1 is 1.24 bits per heavy atom. The average Bonchev–Trinajstić information content (AvgIpc) is 2.35. The molecule has 98 valence electrons. The summed E-state index contributed by atoms with van der Waals surface area (Å²) in [6.07, 6.45) is 7.26. The van der Waals surface area contributed by atoms with Crippen LogP contribution in [0.5, 0.6) is 0 Å². The lowest BCUT2D eigenvalue weighted by Gasteiger charge is -2.27. The molecule has 0 saturated carbocycles. The van der Waals surface area contributed by atoms with Crippen LogP contribution in [0.25, 0.3) is 0 Å². The fourth-order valence-electron chi connectivity index (χ4n) is 1.46. The molecule has 0 unspecified atom stereocenters. The zero-order valence-electron chi connectivity index (χ0n) is 10.8. The molecular formula is C13H22O4. The van der Waals surface area contributed by atoms with Crippen molar-refractivity contribution in [2.24, 2.45) is 5.92 Å². The third-order valence-electron chi connectivity index (χ3n) is 2.43. The summed E-state index contributed by atoms with van der Waals surface area (Å²) < 4.78 is 20.8. The number of terminal acetylenes is 1. The minimum Gasteiger partial charge on any atom is -0.359 e. The van der Waals surface area contributed by atoms with Gasteiger partial charge in [-0.15, -0.1) is 18.9 Å². The van der Waals surface area contributed by atoms with Gasteiger partial charge in [-0.2, -0.15) is 0 Å². The lowest BCUT2D eigenvalue weighted by molar-refractivity contribution is -0.126. The Balaban J connectivity index is 4.37. The smallest absolute Gasteiger partial charge is 0.147 e. The number of methoxy groups -OCH3 is 2. The lowest BCUT2D eigenvalue weighted by atomic mass is 9.95. The van der Waals surface area contributed by atoms with E-state index in [-0.39, 0.29) is 31.7 Å². The Hall–Kier alpha value is -0.860. The Morgan fingerprint density at radius 2 is 1.82 bits per heavy atom. The van der Waals surface area contributed by atoms with Gasteiger partial charge in [0.15, 0.2) is 0 Å². The Morgan fingerprint density at radius 3 is 2.29 bits per heavy atom. The van der Waals surface area contributed by atoms with Crippen molar-refractivity contribution < 1.29 is 18.9 Å². The van der Waals surface area contributed by atoms with Gasteiger partial charge < -0.3 is 18.9 Å². The number of hydrogen-bond donors (Lipinski definition) is 0. The first-order valence-electron chi connectivity index (χ1n) is 5.48. The Kier molecular flexibility index (Phi) is 9.78. The molecular weight excluding hydrogens is 220 g/mol. The molecule has 0 bridgehead atoms. The molecule has 0 saturated heterocycles. The summed E-state index contributed by atoms with van der Waals surface area (Å²) in [6.45, 7) is 6.17. The van der Waals surface area contributed by atoms with Gasteiger partial charge in [-0.3, -0.25) is 0 Å². The number of rotatable bonds is 10. The molecule has 0 aliphatic heterocycles. The summed E-state index contributed by atoms with van der Waals surface area (Å²) in [5.74, 6) is 2.67. The van der Waals surface area contributed by atoms with Crippen molar-refractivity contribution >= 4 is 0 Å². The van der Waals surface area contributed by atoms with E-state index in [2.05, 4.69) is 12.5 Å². The second-order valence-corrected chi connectivity index (χ2v) is 3.65. The van der Waals surface area contributed by atoms with E-state index in [1.54, 1.807) is 20.3 Å². The summed E-state index contributed by atoms with van der Waals surface area (Å²) in [4.78, 5) is 0. The van der Waals surface area contributed by atoms with Crippen LogP contribution in [0.1, 0.15) is 13.3 Å². The molecule has 0 aromatic rings. The number of ether oxygens (including phenoxy) is 4. The minimum atomic E-state index is -0.162. The van der Waals surface area contributed by atoms with Gasteiger partial charge in [0.2, 0.25) is 0 Å². The Labute approximate surface area is 104 Å². The highest BCUT2D eigenvalue weighted by Gasteiger charge is 2.24. The van der Waals surface area contributed by atoms with E-state index in [4.69, 9.17) is 25.4 Å². The van der Waals surface area contributed by atoms with E-state index in [1.807, 2.05) is 6.92 Å². The van der Waals surface area contributed by atoms with E-state index in [0.717, 1.165) is 0 Å². The molecule has 0 N–H and O–H groups in total. The molecule has 4 heteroatoms. The van der Waals surface area contributed by atoms with Crippen molar-refractivity contribution in [1.29, 1.82) is 0 Å². The highest BCUT2D eigenvalue weighted by atomic mass is 16.7. The lowest BCUT2D eigenvalue weighted by Crippen LogP contribution is -2.33. The van der Waals surface area contributed by atoms with Crippen LogP contribution in [0.3, 0.4) is 0 Å². The predicted molar refractivity (Wildman–Crippen MR) is 66.3 cm³/mol. The van der Waals surface area contributed by atoms with Gasteiger partial charge in [0.1, 0.15) is 13.6 Å². The van der Waals surface area contributed by atoms with Crippen molar-refractivity contribution in [2.45, 2.75) is 25.6 Å². The monoisotopic (exact) mass is 242 g/mol. The van der Waals surface area contributed by atoms with Gasteiger partial charge in [-0.25, -0.2) is 0 Å². The minimum absolute atomic E-state index is 0.0776. The zero-order valence-corrected chi connectivity index (χ0v) is 10.8. The molecule has 0 spiro atoms. The average molecular weight is 242 g/mol. The largest absolute Gasteiger partial charge is 0.359 e. The highest BCUT2D eigenvalue weighted by molar-refractivity contribution is 4.94. The van der Waals surface area contributed by atoms with Gasteiger partial charge in [-0.1, -0.05) is 13.0 Å². The molecule has 0 fully saturated rings. The van der Waals surface area contributed by atoms with Crippen LogP contribution in [0.2, 0.25) is 0 Å². The van der Waals surface area contributed by atoms with E-state index in [1.165, 1.54) is 0 Å². The number of hydrogen-bond acceptors (Lipinski definition) is 4. The fourth-order valence-corrected chi connectivity index (χ4v) is 1.46. The second kappa shape index (κ2) is 10.3. The van der Waals surface area contributed by atoms with Crippen molar-refractivity contribution in [3.8, 4) is 12.3 Å². The normalized spacial score (nSPS) is 15.9. The van der Waals surface area contributed by atoms with E-state index >= 15 is 0 Å². The van der Waals surface area contributed by atoms with Crippen molar-refractivity contribution in [2.75, 3.05) is 27.8 Å². The summed E-state index contributed by atoms with van der Waals surface area (Å²) in [5, 5.41) is 0. The summed E-state index contributed by atoms with van der Waals surface area (Å²) in [5.41, 5.74) is 0. The SMILES string of the molecule is C#CC[C@@H](OCOC)[C@@H](C)[C@@H](C=C)OCOC. The highest BCUT2D eigenvalue weighted by Crippen LogP contribution is 2.19. The van der Waals surface area contributed by atoms with Crippen LogP contribution in [-0.2, 0) is 18.9 Å². The molecule has 0 amide bonds. The topological polar surface area (TPSA) is 36.9 Å². The second-order valence-electron chi connectivity index (χ2n) is 3.65. The summed E-state index contributed by atoms with van der Waals surface area (Å²) >= 11 is 0. The maximum Gasteiger partial charge on any atom is 0.147 e. The first-order valence-corrected chi connectivity index (χ1v) is 5.48. The summed E-state index contributed by atoms with van der Waals surface area (Å²) in [6, 6.07) is 0. The summed E-state index contributed by atoms with van der Waals surface area (Å²) in [7, 11) is 3.15. The van der Waals surface area contributed by atoms with Crippen molar-refractivity contribution in [1.82, 2.24) is 0 Å². The maximum absolute atomic E-state index is 5.52. The third kappa shape index (κ3) is 6.44. The molecule has 0 rings (SSSR count). The molecule has 0 heterocycles. The van der Waals surface area contributed by atoms with Crippen LogP contribution >= 0.6 is 0 Å². The quantitative estimate of drug-likeness (QED) is 0.332. The molecule has 4 nitrogen and oxygen atoms in total. The van der Waals surface area contributed by atoms with Gasteiger partial charge in [0.25, 0.3) is 0 Å². The van der Waals surface area contributed by atoms with Crippen molar-refractivity contribution in [3.05, 3.63) is 12.7 Å². The molecule has 3 atom stereocenters. The van der Waals surface area contributed by atoms with E-state index in [9.17, 15) is 0 Å². The predicted octanol–water partition coefficient (Wildman–Crippen LogP) is 1.81. The van der Waals surface area contributed by atoms with Gasteiger partial charge in [0, 0.05) is 26.6 Å². The van der Waals surface area contributed by atoms with E-state index < -0.39 is 0 Å². The van der Waals surface area contributed by atoms with Crippen LogP contribution in [0.15, 0.2) is 12.7 Å². The molecule has 0 radical (unpaired) electrons. The van der Waals surface area contributed by atoms with Gasteiger partial charge in [0.05, 0.1) is 12.2 Å². The first kappa shape index (κ1) is 16.1. The Bertz CT molecular complexity index is 234. The molecule has 0 aromatic carbocycles. The zero-order chi connectivity index (χ0) is 13.1. The van der Waals surface area contributed by atoms with Crippen LogP contribution < -0.4 is 0 Å². The van der Waals surface area contributed by atoms with Crippen LogP contribution in [-0.4, -0.2) is 40.0 Å². The van der Waals surface area contributed by atoms with Crippen molar-refractivity contribution in [3.63, 3.8) is 0 Å². The third-order valence-corrected chi connectivity index (χ3v) is 2.43. The van der Waals surface area contributed by atoms with Gasteiger partial charge in [-0.05, 0) is 0 Å². The molecule has 17 heavy (non-hydrogen) atoms.